The summed E-state index contributed by atoms with van der Waals surface area (Å²) in [4.78, 5) is 18.3. The number of anilines is 1. The van der Waals surface area contributed by atoms with Crippen molar-refractivity contribution in [1.29, 1.82) is 0 Å². The zero-order chi connectivity index (χ0) is 22.8. The van der Waals surface area contributed by atoms with Crippen LogP contribution in [0.25, 0.3) is 27.3 Å². The van der Waals surface area contributed by atoms with Crippen molar-refractivity contribution in [3.63, 3.8) is 0 Å². The van der Waals surface area contributed by atoms with E-state index in [0.29, 0.717) is 11.4 Å². The van der Waals surface area contributed by atoms with Crippen molar-refractivity contribution in [3.8, 4) is 21.7 Å². The third-order valence-corrected chi connectivity index (χ3v) is 6.57. The van der Waals surface area contributed by atoms with E-state index in [1.165, 1.54) is 24.0 Å². The van der Waals surface area contributed by atoms with Gasteiger partial charge in [-0.1, -0.05) is 54.1 Å². The van der Waals surface area contributed by atoms with Crippen molar-refractivity contribution in [2.24, 2.45) is 0 Å². The van der Waals surface area contributed by atoms with Gasteiger partial charge < -0.3 is 10.1 Å². The molecule has 2 aromatic carbocycles. The quantitative estimate of drug-likeness (QED) is 0.327. The zero-order valence-electron chi connectivity index (χ0n) is 18.3. The molecule has 164 valence electrons. The van der Waals surface area contributed by atoms with Crippen LogP contribution in [0, 0.1) is 6.92 Å². The average Bonchev–Trinajstić information content (AvgIpc) is 3.48. The second kappa shape index (κ2) is 8.88. The van der Waals surface area contributed by atoms with Gasteiger partial charge in [0.15, 0.2) is 5.65 Å². The molecule has 6 nitrogen and oxygen atoms in total. The monoisotopic (exact) mass is 454 g/mol. The van der Waals surface area contributed by atoms with E-state index in [9.17, 15) is 4.79 Å². The third-order valence-electron chi connectivity index (χ3n) is 5.41. The number of carbonyl (C=O) groups is 1. The molecular formula is C26H22N4O2S. The number of rotatable bonds is 6. The first kappa shape index (κ1) is 20.9. The van der Waals surface area contributed by atoms with Crippen molar-refractivity contribution in [1.82, 2.24) is 14.6 Å². The van der Waals surface area contributed by atoms with Gasteiger partial charge in [-0.05, 0) is 30.2 Å². The number of thiophene rings is 1. The zero-order valence-corrected chi connectivity index (χ0v) is 19.1. The highest BCUT2D eigenvalue weighted by Gasteiger charge is 2.18. The van der Waals surface area contributed by atoms with Gasteiger partial charge in [0.2, 0.25) is 0 Å². The first-order valence-electron chi connectivity index (χ1n) is 10.5. The lowest BCUT2D eigenvalue weighted by Gasteiger charge is -2.07. The summed E-state index contributed by atoms with van der Waals surface area (Å²) in [5.74, 6) is -0.341. The number of aromatic nitrogens is 3. The number of nitrogens with one attached hydrogen (secondary N) is 1. The second-order valence-corrected chi connectivity index (χ2v) is 8.77. The fourth-order valence-electron chi connectivity index (χ4n) is 3.59. The van der Waals surface area contributed by atoms with E-state index in [2.05, 4.69) is 46.6 Å². The number of nitrogens with zero attached hydrogens (tertiary/aromatic N) is 3. The van der Waals surface area contributed by atoms with Crippen LogP contribution >= 0.6 is 11.3 Å². The molecule has 0 amide bonds. The number of benzene rings is 2. The Morgan fingerprint density at radius 3 is 2.55 bits per heavy atom. The fourth-order valence-corrected chi connectivity index (χ4v) is 4.65. The van der Waals surface area contributed by atoms with Gasteiger partial charge in [-0.15, -0.1) is 11.3 Å². The van der Waals surface area contributed by atoms with Crippen molar-refractivity contribution in [2.45, 2.75) is 13.5 Å². The molecule has 0 aliphatic carbocycles. The topological polar surface area (TPSA) is 68.5 Å². The van der Waals surface area contributed by atoms with Gasteiger partial charge in [-0.2, -0.15) is 5.10 Å². The molecule has 7 heteroatoms. The maximum atomic E-state index is 12.4. The number of carbonyl (C=O) groups excluding carboxylic acids is 1. The molecule has 3 heterocycles. The van der Waals surface area contributed by atoms with Crippen LogP contribution in [-0.2, 0) is 11.3 Å². The van der Waals surface area contributed by atoms with Crippen LogP contribution in [0.4, 0.5) is 5.69 Å². The molecule has 0 saturated carbocycles. The molecule has 0 atom stereocenters. The number of hydrogen-bond donors (Lipinski definition) is 1. The Labute approximate surface area is 195 Å². The molecule has 33 heavy (non-hydrogen) atoms. The molecule has 1 N–H and O–H groups in total. The fraction of sp³-hybridized carbons (Fsp3) is 0.115. The Hall–Kier alpha value is -3.97. The molecule has 0 aliphatic heterocycles. The summed E-state index contributed by atoms with van der Waals surface area (Å²) in [5, 5.41) is 7.98. The van der Waals surface area contributed by atoms with Crippen LogP contribution in [0.2, 0.25) is 0 Å². The predicted molar refractivity (Wildman–Crippen MR) is 132 cm³/mol. The van der Waals surface area contributed by atoms with E-state index < -0.39 is 0 Å². The van der Waals surface area contributed by atoms with E-state index in [4.69, 9.17) is 4.74 Å². The van der Waals surface area contributed by atoms with E-state index in [0.717, 1.165) is 38.6 Å². The Balaban J connectivity index is 1.41. The molecule has 5 aromatic rings. The molecule has 0 unspecified atom stereocenters. The number of ether oxygens (including phenoxy) is 1. The summed E-state index contributed by atoms with van der Waals surface area (Å²) in [7, 11) is 1.41. The highest BCUT2D eigenvalue weighted by atomic mass is 32.1. The van der Waals surface area contributed by atoms with Gasteiger partial charge >= 0.3 is 5.97 Å². The van der Waals surface area contributed by atoms with Crippen LogP contribution < -0.4 is 5.32 Å². The van der Waals surface area contributed by atoms with Gasteiger partial charge in [-0.3, -0.25) is 0 Å². The number of methoxy groups -OCH3 is 1. The SMILES string of the molecule is COC(=O)c1sc(-c2ccc(-c3cc4ncccn4n3)cc2)cc1NCc1ccc(C)cc1. The van der Waals surface area contributed by atoms with Gasteiger partial charge in [-0.25, -0.2) is 14.3 Å². The van der Waals surface area contributed by atoms with E-state index in [1.54, 1.807) is 10.7 Å². The summed E-state index contributed by atoms with van der Waals surface area (Å²) in [6.07, 6.45) is 3.63. The minimum atomic E-state index is -0.341. The number of aryl methyl sites for hydroxylation is 1. The Bertz CT molecular complexity index is 1390. The number of fused-ring (bicyclic) bond motifs is 1. The van der Waals surface area contributed by atoms with Crippen LogP contribution in [0.3, 0.4) is 0 Å². The molecule has 0 bridgehead atoms. The molecule has 0 radical (unpaired) electrons. The van der Waals surface area contributed by atoms with Gasteiger partial charge in [0.05, 0.1) is 18.5 Å². The molecule has 0 spiro atoms. The van der Waals surface area contributed by atoms with E-state index in [-0.39, 0.29) is 5.97 Å². The van der Waals surface area contributed by atoms with Crippen LogP contribution in [0.5, 0.6) is 0 Å². The number of esters is 1. The molecule has 0 aliphatic rings. The highest BCUT2D eigenvalue weighted by molar-refractivity contribution is 7.18. The standard InChI is InChI=1S/C26H22N4O2S/c1-17-4-6-18(7-5-17)16-28-22-14-23(33-25(22)26(31)32-2)20-10-8-19(9-11-20)21-15-24-27-12-3-13-30(24)29-21/h3-15,28H,16H2,1-2H3. The minimum Gasteiger partial charge on any atom is -0.465 e. The minimum absolute atomic E-state index is 0.341. The van der Waals surface area contributed by atoms with Gasteiger partial charge in [0, 0.05) is 35.4 Å². The summed E-state index contributed by atoms with van der Waals surface area (Å²) in [6, 6.07) is 22.3. The van der Waals surface area contributed by atoms with Crippen molar-refractivity contribution in [3.05, 3.63) is 95.1 Å². The molecule has 0 saturated heterocycles. The van der Waals surface area contributed by atoms with Gasteiger partial charge in [0.25, 0.3) is 0 Å². The second-order valence-electron chi connectivity index (χ2n) is 7.71. The molecular weight excluding hydrogens is 432 g/mol. The average molecular weight is 455 g/mol. The van der Waals surface area contributed by atoms with E-state index >= 15 is 0 Å². The highest BCUT2D eigenvalue weighted by Crippen LogP contribution is 2.36. The van der Waals surface area contributed by atoms with Crippen molar-refractivity contribution < 1.29 is 9.53 Å². The summed E-state index contributed by atoms with van der Waals surface area (Å²) in [6.45, 7) is 2.69. The lowest BCUT2D eigenvalue weighted by atomic mass is 10.1. The molecule has 3 aromatic heterocycles. The first-order chi connectivity index (χ1) is 16.1. The van der Waals surface area contributed by atoms with E-state index in [1.807, 2.05) is 48.7 Å². The summed E-state index contributed by atoms with van der Waals surface area (Å²) in [5.41, 5.74) is 6.85. The maximum Gasteiger partial charge on any atom is 0.350 e. The van der Waals surface area contributed by atoms with Crippen molar-refractivity contribution >= 4 is 28.6 Å². The van der Waals surface area contributed by atoms with Crippen LogP contribution in [0.1, 0.15) is 20.8 Å². The normalized spacial score (nSPS) is 11.0. The largest absolute Gasteiger partial charge is 0.465 e. The summed E-state index contributed by atoms with van der Waals surface area (Å²) >= 11 is 1.42. The Morgan fingerprint density at radius 1 is 1.06 bits per heavy atom. The smallest absolute Gasteiger partial charge is 0.350 e. The van der Waals surface area contributed by atoms with Gasteiger partial charge in [0.1, 0.15) is 4.88 Å². The predicted octanol–water partition coefficient (Wildman–Crippen LogP) is 5.83. The Morgan fingerprint density at radius 2 is 1.82 bits per heavy atom. The Kier molecular flexibility index (Phi) is 5.62. The lowest BCUT2D eigenvalue weighted by molar-refractivity contribution is 0.0607. The lowest BCUT2D eigenvalue weighted by Crippen LogP contribution is -2.05. The van der Waals surface area contributed by atoms with Crippen LogP contribution in [-0.4, -0.2) is 27.7 Å². The third kappa shape index (κ3) is 4.36. The first-order valence-corrected chi connectivity index (χ1v) is 11.3. The number of hydrogen-bond acceptors (Lipinski definition) is 6. The van der Waals surface area contributed by atoms with Crippen LogP contribution in [0.15, 0.2) is 79.1 Å². The van der Waals surface area contributed by atoms with Crippen molar-refractivity contribution in [2.75, 3.05) is 12.4 Å². The molecule has 0 fully saturated rings. The molecule has 5 rings (SSSR count). The summed E-state index contributed by atoms with van der Waals surface area (Å²) < 4.78 is 6.78. The maximum absolute atomic E-state index is 12.4.